The first-order chi connectivity index (χ1) is 6.55. The summed E-state index contributed by atoms with van der Waals surface area (Å²) in [6, 6.07) is 3.04. The second kappa shape index (κ2) is 3.88. The molecule has 0 amide bonds. The molecule has 0 unspecified atom stereocenters. The van der Waals surface area contributed by atoms with E-state index in [9.17, 15) is 0 Å². The Kier molecular flexibility index (Phi) is 3.43. The smallest absolute Gasteiger partial charge is 0.0708 e. The lowest BCUT2D eigenvalue weighted by molar-refractivity contribution is 0.543. The molecule has 0 aromatic carbocycles. The molecule has 1 fully saturated rings. The van der Waals surface area contributed by atoms with Crippen LogP contribution in [0.1, 0.15) is 27.2 Å². The van der Waals surface area contributed by atoms with Gasteiger partial charge < -0.3 is 0 Å². The normalized spacial score (nSPS) is 25.1. The highest BCUT2D eigenvalue weighted by atomic mass is 28.4. The van der Waals surface area contributed by atoms with Gasteiger partial charge in [-0.2, -0.15) is 0 Å². The highest BCUT2D eigenvalue weighted by Gasteiger charge is 2.41. The van der Waals surface area contributed by atoms with Crippen LogP contribution in [-0.4, -0.2) is 16.1 Å². The summed E-state index contributed by atoms with van der Waals surface area (Å²) in [5.41, 5.74) is 0.376. The van der Waals surface area contributed by atoms with Gasteiger partial charge in [-0.3, -0.25) is 0 Å². The van der Waals surface area contributed by atoms with E-state index >= 15 is 0 Å². The van der Waals surface area contributed by atoms with Gasteiger partial charge in [0.2, 0.25) is 0 Å². The first kappa shape index (κ1) is 13.2. The van der Waals surface area contributed by atoms with Crippen LogP contribution in [0.15, 0.2) is 10.9 Å². The van der Waals surface area contributed by atoms with Crippen molar-refractivity contribution in [3.05, 3.63) is 10.9 Å². The Bertz CT molecular complexity index is 249. The first-order valence-corrected chi connectivity index (χ1v) is 12.7. The lowest BCUT2D eigenvalue weighted by Gasteiger charge is -2.43. The van der Waals surface area contributed by atoms with Crippen molar-refractivity contribution in [3.8, 4) is 0 Å². The quantitative estimate of drug-likeness (QED) is 0.531. The summed E-state index contributed by atoms with van der Waals surface area (Å²) in [7, 11) is -2.08. The van der Waals surface area contributed by atoms with Crippen LogP contribution in [0.4, 0.5) is 0 Å². The maximum absolute atomic E-state index is 2.64. The van der Waals surface area contributed by atoms with Gasteiger partial charge in [-0.1, -0.05) is 76.4 Å². The summed E-state index contributed by atoms with van der Waals surface area (Å²) in [5, 5.41) is 0. The Morgan fingerprint density at radius 2 is 1.33 bits per heavy atom. The molecular formula is C13H28Si2. The van der Waals surface area contributed by atoms with Gasteiger partial charge in [0.1, 0.15) is 0 Å². The Morgan fingerprint density at radius 1 is 0.933 bits per heavy atom. The van der Waals surface area contributed by atoms with Crippen molar-refractivity contribution in [2.45, 2.75) is 65.5 Å². The molecule has 0 aliphatic carbocycles. The molecule has 1 saturated heterocycles. The predicted molar refractivity (Wildman–Crippen MR) is 76.7 cm³/mol. The topological polar surface area (TPSA) is 0 Å². The van der Waals surface area contributed by atoms with Gasteiger partial charge >= 0.3 is 0 Å². The lowest BCUT2D eigenvalue weighted by Crippen LogP contribution is -2.48. The van der Waals surface area contributed by atoms with Crippen molar-refractivity contribution in [3.63, 3.8) is 0 Å². The maximum atomic E-state index is 2.64. The standard InChI is InChI=1S/C13H28Si2/c1-13(2,3)11-12-14(4,5)9-8-10-15(12,6)7/h11H,8-10H2,1-7H3. The van der Waals surface area contributed by atoms with Crippen LogP contribution in [-0.2, 0) is 0 Å². The van der Waals surface area contributed by atoms with Gasteiger partial charge in [0, 0.05) is 0 Å². The third-order valence-electron chi connectivity index (χ3n) is 3.64. The fourth-order valence-corrected chi connectivity index (χ4v) is 15.7. The van der Waals surface area contributed by atoms with Crippen LogP contribution in [0.3, 0.4) is 0 Å². The number of hydrogen-bond donors (Lipinski definition) is 0. The number of rotatable bonds is 0. The van der Waals surface area contributed by atoms with E-state index in [1.165, 1.54) is 18.5 Å². The average Bonchev–Trinajstić information content (AvgIpc) is 1.95. The van der Waals surface area contributed by atoms with Gasteiger partial charge in [-0.05, 0) is 5.41 Å². The highest BCUT2D eigenvalue weighted by Crippen LogP contribution is 2.40. The Hall–Kier alpha value is 0.174. The fourth-order valence-electron chi connectivity index (χ4n) is 2.98. The summed E-state index contributed by atoms with van der Waals surface area (Å²) in [6.45, 7) is 17.4. The third-order valence-corrected chi connectivity index (χ3v) is 14.1. The highest BCUT2D eigenvalue weighted by molar-refractivity contribution is 7.06. The van der Waals surface area contributed by atoms with Crippen LogP contribution >= 0.6 is 0 Å². The molecule has 0 atom stereocenters. The SMILES string of the molecule is CC(C)(C)C=C1[Si](C)(C)CCC[Si]1(C)C. The zero-order valence-corrected chi connectivity index (χ0v) is 13.7. The van der Waals surface area contributed by atoms with Gasteiger partial charge in [0.05, 0.1) is 16.1 Å². The molecule has 0 spiro atoms. The molecule has 0 N–H and O–H groups in total. The van der Waals surface area contributed by atoms with E-state index in [0.29, 0.717) is 5.41 Å². The molecule has 0 saturated carbocycles. The van der Waals surface area contributed by atoms with E-state index in [-0.39, 0.29) is 0 Å². The molecular weight excluding hydrogens is 212 g/mol. The van der Waals surface area contributed by atoms with Crippen molar-refractivity contribution < 1.29 is 0 Å². The molecule has 88 valence electrons. The molecule has 1 aliphatic heterocycles. The van der Waals surface area contributed by atoms with Crippen molar-refractivity contribution in [2.75, 3.05) is 0 Å². The van der Waals surface area contributed by atoms with Gasteiger partial charge in [0.25, 0.3) is 0 Å². The fraction of sp³-hybridized carbons (Fsp3) is 0.846. The largest absolute Gasteiger partial charge is 0.0939 e. The van der Waals surface area contributed by atoms with E-state index in [1.807, 2.05) is 4.82 Å². The van der Waals surface area contributed by atoms with Gasteiger partial charge in [0.15, 0.2) is 0 Å². The molecule has 0 aromatic rings. The average molecular weight is 241 g/mol. The zero-order valence-electron chi connectivity index (χ0n) is 11.7. The molecule has 0 nitrogen and oxygen atoms in total. The lowest BCUT2D eigenvalue weighted by atomic mass is 9.98. The Balaban J connectivity index is 3.13. The van der Waals surface area contributed by atoms with E-state index in [4.69, 9.17) is 0 Å². The summed E-state index contributed by atoms with van der Waals surface area (Å²) < 4.78 is 0. The predicted octanol–water partition coefficient (Wildman–Crippen LogP) is 4.86. The van der Waals surface area contributed by atoms with Crippen molar-refractivity contribution in [1.29, 1.82) is 0 Å². The number of hydrogen-bond acceptors (Lipinski definition) is 0. The Labute approximate surface area is 98.2 Å². The van der Waals surface area contributed by atoms with Crippen LogP contribution in [0.5, 0.6) is 0 Å². The van der Waals surface area contributed by atoms with E-state index in [1.54, 1.807) is 0 Å². The van der Waals surface area contributed by atoms with E-state index < -0.39 is 16.1 Å². The minimum atomic E-state index is -1.04. The molecule has 1 rings (SSSR count). The zero-order chi connectivity index (χ0) is 11.9. The molecule has 0 aromatic heterocycles. The third kappa shape index (κ3) is 3.31. The van der Waals surface area contributed by atoms with Crippen molar-refractivity contribution in [1.82, 2.24) is 0 Å². The summed E-state index contributed by atoms with van der Waals surface area (Å²) >= 11 is 0. The number of allylic oxidation sites excluding steroid dienone is 1. The molecule has 1 heterocycles. The molecule has 2 heteroatoms. The molecule has 1 aliphatic rings. The summed E-state index contributed by atoms with van der Waals surface area (Å²) in [4.78, 5) is 1.95. The first-order valence-electron chi connectivity index (χ1n) is 6.28. The molecule has 0 radical (unpaired) electrons. The Morgan fingerprint density at radius 3 is 1.67 bits per heavy atom. The molecule has 0 bridgehead atoms. The van der Waals surface area contributed by atoms with Crippen LogP contribution in [0.2, 0.25) is 38.3 Å². The van der Waals surface area contributed by atoms with Crippen LogP contribution in [0.25, 0.3) is 0 Å². The van der Waals surface area contributed by atoms with Gasteiger partial charge in [-0.15, -0.1) is 0 Å². The second-order valence-corrected chi connectivity index (χ2v) is 17.7. The van der Waals surface area contributed by atoms with Crippen molar-refractivity contribution >= 4 is 16.1 Å². The summed E-state index contributed by atoms with van der Waals surface area (Å²) in [6.07, 6.45) is 4.14. The second-order valence-electron chi connectivity index (χ2n) is 7.55. The monoisotopic (exact) mass is 240 g/mol. The van der Waals surface area contributed by atoms with Crippen LogP contribution < -0.4 is 0 Å². The van der Waals surface area contributed by atoms with Gasteiger partial charge in [-0.25, -0.2) is 0 Å². The van der Waals surface area contributed by atoms with Crippen LogP contribution in [0, 0.1) is 5.41 Å². The van der Waals surface area contributed by atoms with E-state index in [0.717, 1.165) is 0 Å². The minimum Gasteiger partial charge on any atom is -0.0939 e. The molecule has 15 heavy (non-hydrogen) atoms. The summed E-state index contributed by atoms with van der Waals surface area (Å²) in [5.74, 6) is 0. The van der Waals surface area contributed by atoms with Crippen molar-refractivity contribution in [2.24, 2.45) is 5.41 Å². The maximum Gasteiger partial charge on any atom is 0.0708 e. The minimum absolute atomic E-state index is 0.376. The van der Waals surface area contributed by atoms with E-state index in [2.05, 4.69) is 53.0 Å².